The number of amides is 1. The Labute approximate surface area is 146 Å². The van der Waals surface area contributed by atoms with E-state index in [2.05, 4.69) is 46.9 Å². The number of hydrogen-bond donors (Lipinski definition) is 2. The normalized spacial score (nSPS) is 16.4. The quantitative estimate of drug-likeness (QED) is 0.772. The van der Waals surface area contributed by atoms with Crippen LogP contribution >= 0.6 is 0 Å². The molecule has 0 spiro atoms. The lowest BCUT2D eigenvalue weighted by Crippen LogP contribution is -2.45. The maximum absolute atomic E-state index is 12.2. The van der Waals surface area contributed by atoms with Crippen LogP contribution in [0.5, 0.6) is 0 Å². The summed E-state index contributed by atoms with van der Waals surface area (Å²) in [5.41, 5.74) is 4.83. The molecule has 1 aliphatic heterocycles. The molecule has 0 saturated heterocycles. The second-order valence-electron chi connectivity index (χ2n) is 6.32. The molecular weight excluding hydrogens is 312 g/mol. The van der Waals surface area contributed by atoms with Gasteiger partial charge in [-0.15, -0.1) is 0 Å². The lowest BCUT2D eigenvalue weighted by molar-refractivity contribution is 0.0900. The van der Waals surface area contributed by atoms with Gasteiger partial charge in [0.15, 0.2) is 0 Å². The zero-order valence-electron chi connectivity index (χ0n) is 14.1. The Morgan fingerprint density at radius 2 is 1.92 bits per heavy atom. The molecular formula is C20H20N4O. The SMILES string of the molecule is Cc1ccc(-c2cc3n(n2)[C@H](NCc2ccccc2)CNC3=O)cc1. The molecule has 0 aliphatic carbocycles. The van der Waals surface area contributed by atoms with Gasteiger partial charge in [-0.2, -0.15) is 5.10 Å². The van der Waals surface area contributed by atoms with E-state index in [0.717, 1.165) is 17.8 Å². The summed E-state index contributed by atoms with van der Waals surface area (Å²) in [4.78, 5) is 12.2. The van der Waals surface area contributed by atoms with Crippen molar-refractivity contribution in [2.24, 2.45) is 0 Å². The molecule has 2 N–H and O–H groups in total. The van der Waals surface area contributed by atoms with E-state index in [1.165, 1.54) is 11.1 Å². The van der Waals surface area contributed by atoms with Crippen molar-refractivity contribution in [1.29, 1.82) is 0 Å². The highest BCUT2D eigenvalue weighted by Crippen LogP contribution is 2.23. The molecule has 4 rings (SSSR count). The van der Waals surface area contributed by atoms with Crippen molar-refractivity contribution in [2.75, 3.05) is 6.54 Å². The minimum atomic E-state index is -0.0800. The summed E-state index contributed by atoms with van der Waals surface area (Å²) in [6, 6.07) is 20.2. The van der Waals surface area contributed by atoms with Crippen LogP contribution in [0.2, 0.25) is 0 Å². The molecule has 0 bridgehead atoms. The van der Waals surface area contributed by atoms with Gasteiger partial charge >= 0.3 is 0 Å². The highest BCUT2D eigenvalue weighted by molar-refractivity contribution is 5.94. The Balaban J connectivity index is 1.60. The van der Waals surface area contributed by atoms with Crippen LogP contribution in [0, 0.1) is 6.92 Å². The number of hydrogen-bond acceptors (Lipinski definition) is 3. The molecule has 1 aliphatic rings. The summed E-state index contributed by atoms with van der Waals surface area (Å²) < 4.78 is 1.80. The monoisotopic (exact) mass is 332 g/mol. The lowest BCUT2D eigenvalue weighted by atomic mass is 10.1. The zero-order chi connectivity index (χ0) is 17.2. The average molecular weight is 332 g/mol. The van der Waals surface area contributed by atoms with Crippen molar-refractivity contribution in [2.45, 2.75) is 19.6 Å². The van der Waals surface area contributed by atoms with E-state index in [-0.39, 0.29) is 12.1 Å². The van der Waals surface area contributed by atoms with Crippen molar-refractivity contribution in [3.8, 4) is 11.3 Å². The molecule has 1 amide bonds. The van der Waals surface area contributed by atoms with Crippen LogP contribution in [0.25, 0.3) is 11.3 Å². The van der Waals surface area contributed by atoms with Gasteiger partial charge in [0.25, 0.3) is 5.91 Å². The minimum absolute atomic E-state index is 0.0629. The highest BCUT2D eigenvalue weighted by Gasteiger charge is 2.27. The number of nitrogens with zero attached hydrogens (tertiary/aromatic N) is 2. The van der Waals surface area contributed by atoms with Crippen LogP contribution in [0.4, 0.5) is 0 Å². The average Bonchev–Trinajstić information content (AvgIpc) is 3.09. The van der Waals surface area contributed by atoms with Gasteiger partial charge in [-0.25, -0.2) is 4.68 Å². The van der Waals surface area contributed by atoms with Gasteiger partial charge in [-0.05, 0) is 18.6 Å². The summed E-state index contributed by atoms with van der Waals surface area (Å²) in [7, 11) is 0. The molecule has 2 heterocycles. The number of rotatable bonds is 4. The Bertz CT molecular complexity index is 884. The minimum Gasteiger partial charge on any atom is -0.347 e. The topological polar surface area (TPSA) is 59.0 Å². The fraction of sp³-hybridized carbons (Fsp3) is 0.200. The molecule has 126 valence electrons. The third-order valence-corrected chi connectivity index (χ3v) is 4.45. The molecule has 2 aromatic carbocycles. The molecule has 3 aromatic rings. The summed E-state index contributed by atoms with van der Waals surface area (Å²) in [6.07, 6.45) is -0.0629. The Morgan fingerprint density at radius 3 is 2.68 bits per heavy atom. The van der Waals surface area contributed by atoms with E-state index in [0.29, 0.717) is 12.2 Å². The Morgan fingerprint density at radius 1 is 1.16 bits per heavy atom. The van der Waals surface area contributed by atoms with Crippen molar-refractivity contribution in [3.05, 3.63) is 77.5 Å². The molecule has 0 saturated carbocycles. The van der Waals surface area contributed by atoms with Crippen molar-refractivity contribution in [1.82, 2.24) is 20.4 Å². The van der Waals surface area contributed by atoms with Gasteiger partial charge in [-0.1, -0.05) is 60.2 Å². The van der Waals surface area contributed by atoms with Crippen LogP contribution in [0.1, 0.15) is 27.8 Å². The maximum Gasteiger partial charge on any atom is 0.269 e. The largest absolute Gasteiger partial charge is 0.347 e. The lowest BCUT2D eigenvalue weighted by Gasteiger charge is -2.25. The van der Waals surface area contributed by atoms with Crippen LogP contribution < -0.4 is 10.6 Å². The van der Waals surface area contributed by atoms with E-state index in [9.17, 15) is 4.79 Å². The fourth-order valence-electron chi connectivity index (χ4n) is 3.02. The maximum atomic E-state index is 12.2. The van der Waals surface area contributed by atoms with Crippen molar-refractivity contribution >= 4 is 5.91 Å². The molecule has 5 nitrogen and oxygen atoms in total. The van der Waals surface area contributed by atoms with Crippen molar-refractivity contribution < 1.29 is 4.79 Å². The van der Waals surface area contributed by atoms with Gasteiger partial charge in [0.1, 0.15) is 11.9 Å². The van der Waals surface area contributed by atoms with Crippen LogP contribution in [0.3, 0.4) is 0 Å². The van der Waals surface area contributed by atoms with Gasteiger partial charge in [0, 0.05) is 12.1 Å². The number of nitrogens with one attached hydrogen (secondary N) is 2. The first-order valence-corrected chi connectivity index (χ1v) is 8.43. The first-order valence-electron chi connectivity index (χ1n) is 8.43. The third kappa shape index (κ3) is 3.19. The number of carbonyl (C=O) groups excluding carboxylic acids is 1. The zero-order valence-corrected chi connectivity index (χ0v) is 14.1. The number of aromatic nitrogens is 2. The van der Waals surface area contributed by atoms with E-state index in [1.54, 1.807) is 4.68 Å². The molecule has 1 aromatic heterocycles. The van der Waals surface area contributed by atoms with E-state index < -0.39 is 0 Å². The predicted octanol–water partition coefficient (Wildman–Crippen LogP) is 2.89. The second kappa shape index (κ2) is 6.53. The molecule has 25 heavy (non-hydrogen) atoms. The first-order chi connectivity index (χ1) is 12.2. The number of aryl methyl sites for hydroxylation is 1. The Hall–Kier alpha value is -2.92. The van der Waals surface area contributed by atoms with Gasteiger partial charge in [0.2, 0.25) is 0 Å². The molecule has 5 heteroatoms. The summed E-state index contributed by atoms with van der Waals surface area (Å²) >= 11 is 0. The molecule has 0 fully saturated rings. The summed E-state index contributed by atoms with van der Waals surface area (Å²) in [6.45, 7) is 3.30. The van der Waals surface area contributed by atoms with E-state index in [1.807, 2.05) is 36.4 Å². The van der Waals surface area contributed by atoms with Crippen LogP contribution in [-0.4, -0.2) is 22.2 Å². The van der Waals surface area contributed by atoms with Crippen molar-refractivity contribution in [3.63, 3.8) is 0 Å². The second-order valence-corrected chi connectivity index (χ2v) is 6.32. The van der Waals surface area contributed by atoms with Gasteiger partial charge in [0.05, 0.1) is 12.2 Å². The molecule has 0 unspecified atom stereocenters. The highest BCUT2D eigenvalue weighted by atomic mass is 16.2. The Kier molecular flexibility index (Phi) is 4.07. The fourth-order valence-corrected chi connectivity index (χ4v) is 3.02. The van der Waals surface area contributed by atoms with E-state index in [4.69, 9.17) is 0 Å². The third-order valence-electron chi connectivity index (χ3n) is 4.45. The van der Waals surface area contributed by atoms with Gasteiger partial charge in [-0.3, -0.25) is 10.1 Å². The van der Waals surface area contributed by atoms with Crippen LogP contribution in [0.15, 0.2) is 60.7 Å². The first kappa shape index (κ1) is 15.6. The number of benzene rings is 2. The standard InChI is InChI=1S/C20H20N4O/c1-14-7-9-16(10-8-14)17-11-18-20(25)22-13-19(24(18)23-17)21-12-15-5-3-2-4-6-15/h2-11,19,21H,12-13H2,1H3,(H,22,25)/t19-/m0/s1. The number of carbonyl (C=O) groups is 1. The molecule has 0 radical (unpaired) electrons. The van der Waals surface area contributed by atoms with E-state index >= 15 is 0 Å². The molecule has 1 atom stereocenters. The predicted molar refractivity (Wildman–Crippen MR) is 97.1 cm³/mol. The summed E-state index contributed by atoms with van der Waals surface area (Å²) in [5, 5.41) is 11.1. The van der Waals surface area contributed by atoms with Gasteiger partial charge < -0.3 is 5.32 Å². The number of fused-ring (bicyclic) bond motifs is 1. The van der Waals surface area contributed by atoms with Crippen LogP contribution in [-0.2, 0) is 6.54 Å². The smallest absolute Gasteiger partial charge is 0.269 e. The summed E-state index contributed by atoms with van der Waals surface area (Å²) in [5.74, 6) is -0.0800.